The van der Waals surface area contributed by atoms with Gasteiger partial charge in [-0.1, -0.05) is 30.3 Å². The Morgan fingerprint density at radius 3 is 2.34 bits per heavy atom. The summed E-state index contributed by atoms with van der Waals surface area (Å²) in [7, 11) is -7.31. The van der Waals surface area contributed by atoms with Crippen LogP contribution in [0.1, 0.15) is 12.0 Å². The molecular formula is C18H19N3O6S2. The summed E-state index contributed by atoms with van der Waals surface area (Å²) in [6.07, 6.45) is 0.107. The lowest BCUT2D eigenvalue weighted by Gasteiger charge is -2.08. The first-order valence-electron chi connectivity index (χ1n) is 8.67. The van der Waals surface area contributed by atoms with E-state index in [0.29, 0.717) is 5.56 Å². The van der Waals surface area contributed by atoms with Crippen LogP contribution in [0, 0.1) is 0 Å². The van der Waals surface area contributed by atoms with Gasteiger partial charge in [-0.05, 0) is 30.2 Å². The average molecular weight is 437 g/mol. The van der Waals surface area contributed by atoms with Gasteiger partial charge < -0.3 is 4.98 Å². The Labute approximate surface area is 166 Å². The molecule has 0 aliphatic carbocycles. The van der Waals surface area contributed by atoms with Crippen molar-refractivity contribution in [3.05, 3.63) is 74.9 Å². The van der Waals surface area contributed by atoms with Crippen molar-refractivity contribution in [1.82, 2.24) is 14.7 Å². The Bertz CT molecular complexity index is 1340. The van der Waals surface area contributed by atoms with Crippen molar-refractivity contribution in [3.63, 3.8) is 0 Å². The molecule has 0 unspecified atom stereocenters. The van der Waals surface area contributed by atoms with Gasteiger partial charge in [-0.2, -0.15) is 0 Å². The molecule has 154 valence electrons. The number of fused-ring (bicyclic) bond motifs is 1. The van der Waals surface area contributed by atoms with E-state index in [1.54, 1.807) is 30.3 Å². The first kappa shape index (κ1) is 21.0. The third kappa shape index (κ3) is 5.40. The molecule has 2 aromatic carbocycles. The van der Waals surface area contributed by atoms with Crippen LogP contribution in [0.4, 0.5) is 0 Å². The Hall–Kier alpha value is -2.76. The summed E-state index contributed by atoms with van der Waals surface area (Å²) in [6.45, 7) is -0.0730. The zero-order valence-corrected chi connectivity index (χ0v) is 16.8. The predicted octanol–water partition coefficient (Wildman–Crippen LogP) is 0.500. The first-order valence-corrected chi connectivity index (χ1v) is 12.0. The third-order valence-corrected chi connectivity index (χ3v) is 7.32. The van der Waals surface area contributed by atoms with Crippen LogP contribution in [0.15, 0.2) is 63.0 Å². The molecule has 0 spiro atoms. The van der Waals surface area contributed by atoms with Crippen LogP contribution in [-0.4, -0.2) is 39.1 Å². The second-order valence-electron chi connectivity index (χ2n) is 6.44. The van der Waals surface area contributed by atoms with E-state index < -0.39 is 31.1 Å². The highest BCUT2D eigenvalue weighted by Gasteiger charge is 2.17. The lowest BCUT2D eigenvalue weighted by Crippen LogP contribution is -2.27. The maximum absolute atomic E-state index is 12.4. The number of H-pyrrole nitrogens is 2. The van der Waals surface area contributed by atoms with Crippen molar-refractivity contribution in [2.75, 3.05) is 12.3 Å². The van der Waals surface area contributed by atoms with Gasteiger partial charge in [-0.15, -0.1) is 0 Å². The maximum atomic E-state index is 12.4. The summed E-state index contributed by atoms with van der Waals surface area (Å²) >= 11 is 0. The van der Waals surface area contributed by atoms with Crippen LogP contribution in [0.5, 0.6) is 0 Å². The molecule has 11 heteroatoms. The monoisotopic (exact) mass is 437 g/mol. The Kier molecular flexibility index (Phi) is 6.01. The standard InChI is InChI=1S/C18H19N3O6S2/c22-17-15-11-14(7-8-16(15)20-18(23)21-17)29(26,27)19-9-4-10-28(24,25)12-13-5-2-1-3-6-13/h1-3,5-8,11,19H,4,9-10,12H2,(H2,20,21,22,23). The maximum Gasteiger partial charge on any atom is 0.326 e. The molecule has 0 saturated carbocycles. The van der Waals surface area contributed by atoms with E-state index in [0.717, 1.165) is 6.07 Å². The predicted molar refractivity (Wildman–Crippen MR) is 109 cm³/mol. The van der Waals surface area contributed by atoms with Gasteiger partial charge in [0.1, 0.15) is 0 Å². The zero-order chi connectivity index (χ0) is 21.1. The van der Waals surface area contributed by atoms with Crippen molar-refractivity contribution >= 4 is 30.8 Å². The SMILES string of the molecule is O=c1[nH]c(=O)c2cc(S(=O)(=O)NCCCS(=O)(=O)Cc3ccccc3)ccc2[nH]1. The van der Waals surface area contributed by atoms with Crippen molar-refractivity contribution in [2.24, 2.45) is 0 Å². The van der Waals surface area contributed by atoms with Gasteiger partial charge in [0.2, 0.25) is 10.0 Å². The number of sulfone groups is 1. The average Bonchev–Trinajstić information content (AvgIpc) is 2.65. The number of sulfonamides is 1. The van der Waals surface area contributed by atoms with E-state index in [4.69, 9.17) is 0 Å². The van der Waals surface area contributed by atoms with Crippen LogP contribution >= 0.6 is 0 Å². The van der Waals surface area contributed by atoms with E-state index in [-0.39, 0.29) is 40.3 Å². The fourth-order valence-corrected chi connectivity index (χ4v) is 5.32. The minimum Gasteiger partial charge on any atom is -0.307 e. The van der Waals surface area contributed by atoms with Crippen molar-refractivity contribution in [2.45, 2.75) is 17.1 Å². The second kappa shape index (κ2) is 8.31. The van der Waals surface area contributed by atoms with Crippen LogP contribution in [0.25, 0.3) is 10.9 Å². The van der Waals surface area contributed by atoms with Gasteiger partial charge in [-0.25, -0.2) is 26.4 Å². The van der Waals surface area contributed by atoms with Crippen molar-refractivity contribution < 1.29 is 16.8 Å². The normalized spacial score (nSPS) is 12.3. The molecule has 0 fully saturated rings. The minimum atomic E-state index is -3.94. The summed E-state index contributed by atoms with van der Waals surface area (Å²) in [5.41, 5.74) is -0.502. The first-order chi connectivity index (χ1) is 13.7. The molecule has 1 heterocycles. The molecular weight excluding hydrogens is 418 g/mol. The van der Waals surface area contributed by atoms with Gasteiger partial charge in [-0.3, -0.25) is 9.78 Å². The molecule has 0 saturated heterocycles. The van der Waals surface area contributed by atoms with Crippen molar-refractivity contribution in [1.29, 1.82) is 0 Å². The van der Waals surface area contributed by atoms with Crippen LogP contribution in [-0.2, 0) is 25.6 Å². The van der Waals surface area contributed by atoms with Gasteiger partial charge in [0.15, 0.2) is 9.84 Å². The highest BCUT2D eigenvalue weighted by Crippen LogP contribution is 2.14. The number of aromatic nitrogens is 2. The fourth-order valence-electron chi connectivity index (χ4n) is 2.79. The van der Waals surface area contributed by atoms with E-state index in [9.17, 15) is 26.4 Å². The summed E-state index contributed by atoms with van der Waals surface area (Å²) in [5, 5.41) is 0.0258. The molecule has 9 nitrogen and oxygen atoms in total. The number of nitrogens with one attached hydrogen (secondary N) is 3. The quantitative estimate of drug-likeness (QED) is 0.438. The molecule has 0 aliphatic heterocycles. The van der Waals surface area contributed by atoms with Crippen LogP contribution < -0.4 is 16.0 Å². The number of benzene rings is 2. The molecule has 0 bridgehead atoms. The van der Waals surface area contributed by atoms with E-state index in [2.05, 4.69) is 9.71 Å². The van der Waals surface area contributed by atoms with E-state index in [1.165, 1.54) is 12.1 Å². The lowest BCUT2D eigenvalue weighted by molar-refractivity contribution is 0.576. The fraction of sp³-hybridized carbons (Fsp3) is 0.222. The molecule has 3 rings (SSSR count). The van der Waals surface area contributed by atoms with E-state index >= 15 is 0 Å². The molecule has 29 heavy (non-hydrogen) atoms. The van der Waals surface area contributed by atoms with Gasteiger partial charge in [0.05, 0.1) is 27.3 Å². The molecule has 0 radical (unpaired) electrons. The van der Waals surface area contributed by atoms with Crippen molar-refractivity contribution in [3.8, 4) is 0 Å². The second-order valence-corrected chi connectivity index (χ2v) is 10.4. The van der Waals surface area contributed by atoms with Gasteiger partial charge >= 0.3 is 5.69 Å². The Morgan fingerprint density at radius 2 is 1.62 bits per heavy atom. The van der Waals surface area contributed by atoms with Gasteiger partial charge in [0, 0.05) is 6.54 Å². The Balaban J connectivity index is 1.64. The number of rotatable bonds is 8. The molecule has 0 aliphatic rings. The largest absolute Gasteiger partial charge is 0.326 e. The minimum absolute atomic E-state index is 0.0258. The number of aromatic amines is 2. The van der Waals surface area contributed by atoms with Crippen LogP contribution in [0.2, 0.25) is 0 Å². The number of hydrogen-bond donors (Lipinski definition) is 3. The number of hydrogen-bond acceptors (Lipinski definition) is 6. The zero-order valence-electron chi connectivity index (χ0n) is 15.2. The summed E-state index contributed by atoms with van der Waals surface area (Å²) in [6, 6.07) is 12.5. The third-order valence-electron chi connectivity index (χ3n) is 4.17. The van der Waals surface area contributed by atoms with Crippen LogP contribution in [0.3, 0.4) is 0 Å². The summed E-state index contributed by atoms with van der Waals surface area (Å²) in [5.74, 6) is -0.269. The Morgan fingerprint density at radius 1 is 0.897 bits per heavy atom. The molecule has 0 amide bonds. The molecule has 3 N–H and O–H groups in total. The molecule has 0 atom stereocenters. The van der Waals surface area contributed by atoms with Gasteiger partial charge in [0.25, 0.3) is 5.56 Å². The topological polar surface area (TPSA) is 146 Å². The molecule has 3 aromatic rings. The lowest BCUT2D eigenvalue weighted by atomic mass is 10.2. The smallest absolute Gasteiger partial charge is 0.307 e. The van der Waals surface area contributed by atoms with E-state index in [1.807, 2.05) is 4.98 Å². The molecule has 1 aromatic heterocycles. The highest BCUT2D eigenvalue weighted by molar-refractivity contribution is 7.90. The summed E-state index contributed by atoms with van der Waals surface area (Å²) < 4.78 is 51.5. The summed E-state index contributed by atoms with van der Waals surface area (Å²) in [4.78, 5) is 27.4. The highest BCUT2D eigenvalue weighted by atomic mass is 32.2.